The standard InChI is InChI=1S/C27H24N2O6/c1-3-34-21-15-13-19(14-16-21)28-25(30)22-23(17-9-11-18(12-10-17)27(32)33-2)29(35-24(22)26(28)31)20-7-5-4-6-8-20/h4-16,22-24H,3H2,1-2H3. The number of imide groups is 1. The number of anilines is 2. The van der Waals surface area contributed by atoms with Crippen LogP contribution in [0.1, 0.15) is 28.9 Å². The van der Waals surface area contributed by atoms with Crippen LogP contribution >= 0.6 is 0 Å². The molecule has 35 heavy (non-hydrogen) atoms. The molecule has 0 aliphatic carbocycles. The number of hydroxylamine groups is 1. The topological polar surface area (TPSA) is 85.4 Å². The molecule has 3 unspecified atom stereocenters. The lowest BCUT2D eigenvalue weighted by atomic mass is 9.90. The van der Waals surface area contributed by atoms with Crippen molar-refractivity contribution < 1.29 is 28.7 Å². The third kappa shape index (κ3) is 3.91. The van der Waals surface area contributed by atoms with Gasteiger partial charge in [-0.1, -0.05) is 30.3 Å². The van der Waals surface area contributed by atoms with Crippen molar-refractivity contribution in [3.63, 3.8) is 0 Å². The second-order valence-corrected chi connectivity index (χ2v) is 8.21. The summed E-state index contributed by atoms with van der Waals surface area (Å²) in [6, 6.07) is 22.4. The predicted octanol–water partition coefficient (Wildman–Crippen LogP) is 3.92. The largest absolute Gasteiger partial charge is 0.494 e. The molecule has 2 amide bonds. The van der Waals surface area contributed by atoms with Gasteiger partial charge in [0.05, 0.1) is 36.7 Å². The average Bonchev–Trinajstić information content (AvgIpc) is 3.41. The van der Waals surface area contributed by atoms with Crippen LogP contribution < -0.4 is 14.7 Å². The Morgan fingerprint density at radius 3 is 2.20 bits per heavy atom. The van der Waals surface area contributed by atoms with Crippen LogP contribution in [0.2, 0.25) is 0 Å². The molecule has 3 atom stereocenters. The molecule has 0 N–H and O–H groups in total. The number of methoxy groups -OCH3 is 1. The average molecular weight is 472 g/mol. The van der Waals surface area contributed by atoms with E-state index in [1.165, 1.54) is 12.0 Å². The Labute approximate surface area is 202 Å². The number of nitrogens with zero attached hydrogens (tertiary/aromatic N) is 2. The molecule has 0 bridgehead atoms. The van der Waals surface area contributed by atoms with Gasteiger partial charge < -0.3 is 9.47 Å². The molecule has 3 aromatic rings. The summed E-state index contributed by atoms with van der Waals surface area (Å²) >= 11 is 0. The van der Waals surface area contributed by atoms with E-state index in [0.717, 1.165) is 11.3 Å². The second kappa shape index (κ2) is 9.23. The first kappa shape index (κ1) is 22.6. The number of esters is 1. The number of carbonyl (C=O) groups is 3. The molecule has 2 heterocycles. The fourth-order valence-corrected chi connectivity index (χ4v) is 4.60. The summed E-state index contributed by atoms with van der Waals surface area (Å²) in [7, 11) is 1.32. The third-order valence-electron chi connectivity index (χ3n) is 6.21. The lowest BCUT2D eigenvalue weighted by Crippen LogP contribution is -2.37. The van der Waals surface area contributed by atoms with Gasteiger partial charge in [-0.2, -0.15) is 0 Å². The van der Waals surface area contributed by atoms with Crippen molar-refractivity contribution in [2.45, 2.75) is 19.1 Å². The van der Waals surface area contributed by atoms with Crippen LogP contribution in [0.4, 0.5) is 11.4 Å². The van der Waals surface area contributed by atoms with E-state index in [9.17, 15) is 14.4 Å². The lowest BCUT2D eigenvalue weighted by Gasteiger charge is -2.28. The van der Waals surface area contributed by atoms with Gasteiger partial charge >= 0.3 is 5.97 Å². The minimum absolute atomic E-state index is 0.343. The van der Waals surface area contributed by atoms with Crippen LogP contribution in [0.3, 0.4) is 0 Å². The maximum absolute atomic E-state index is 13.7. The summed E-state index contributed by atoms with van der Waals surface area (Å²) in [5, 5.41) is 1.62. The molecule has 0 radical (unpaired) electrons. The molecule has 2 aliphatic heterocycles. The number of para-hydroxylation sites is 1. The fraction of sp³-hybridized carbons (Fsp3) is 0.222. The van der Waals surface area contributed by atoms with E-state index >= 15 is 0 Å². The van der Waals surface area contributed by atoms with Crippen LogP contribution in [0.25, 0.3) is 0 Å². The molecule has 0 aromatic heterocycles. The molecule has 178 valence electrons. The Balaban J connectivity index is 1.52. The number of amides is 2. The van der Waals surface area contributed by atoms with Gasteiger partial charge in [-0.05, 0) is 61.0 Å². The summed E-state index contributed by atoms with van der Waals surface area (Å²) in [6.07, 6.45) is -0.973. The smallest absolute Gasteiger partial charge is 0.337 e. The first-order chi connectivity index (χ1) is 17.0. The second-order valence-electron chi connectivity index (χ2n) is 8.21. The quantitative estimate of drug-likeness (QED) is 0.397. The summed E-state index contributed by atoms with van der Waals surface area (Å²) in [5.74, 6) is -1.32. The molecular weight excluding hydrogens is 448 g/mol. The highest BCUT2D eigenvalue weighted by Gasteiger charge is 2.60. The van der Waals surface area contributed by atoms with Gasteiger partial charge in [-0.15, -0.1) is 0 Å². The fourth-order valence-electron chi connectivity index (χ4n) is 4.60. The maximum Gasteiger partial charge on any atom is 0.337 e. The molecular formula is C27H24N2O6. The number of hydrogen-bond donors (Lipinski definition) is 0. The maximum atomic E-state index is 13.7. The summed E-state index contributed by atoms with van der Waals surface area (Å²) in [6.45, 7) is 2.40. The Morgan fingerprint density at radius 2 is 1.57 bits per heavy atom. The minimum Gasteiger partial charge on any atom is -0.494 e. The zero-order valence-electron chi connectivity index (χ0n) is 19.3. The number of ether oxygens (including phenoxy) is 2. The van der Waals surface area contributed by atoms with Gasteiger partial charge in [0.1, 0.15) is 11.7 Å². The highest BCUT2D eigenvalue weighted by Crippen LogP contribution is 2.47. The van der Waals surface area contributed by atoms with Crippen LogP contribution in [0.5, 0.6) is 5.75 Å². The summed E-state index contributed by atoms with van der Waals surface area (Å²) in [4.78, 5) is 46.3. The molecule has 0 spiro atoms. The Hall–Kier alpha value is -4.17. The van der Waals surface area contributed by atoms with Gasteiger partial charge in [0.25, 0.3) is 5.91 Å². The van der Waals surface area contributed by atoms with Crippen LogP contribution in [-0.2, 0) is 19.2 Å². The van der Waals surface area contributed by atoms with E-state index in [2.05, 4.69) is 0 Å². The minimum atomic E-state index is -0.973. The number of fused-ring (bicyclic) bond motifs is 1. The van der Waals surface area contributed by atoms with Crippen LogP contribution in [-0.4, -0.2) is 37.6 Å². The van der Waals surface area contributed by atoms with Crippen molar-refractivity contribution in [2.24, 2.45) is 5.92 Å². The SMILES string of the molecule is CCOc1ccc(N2C(=O)C3ON(c4ccccc4)C(c4ccc(C(=O)OC)cc4)C3C2=O)cc1. The van der Waals surface area contributed by atoms with Gasteiger partial charge in [0.2, 0.25) is 5.91 Å². The molecule has 5 rings (SSSR count). The number of rotatable bonds is 6. The monoisotopic (exact) mass is 472 g/mol. The molecule has 8 heteroatoms. The molecule has 0 saturated carbocycles. The third-order valence-corrected chi connectivity index (χ3v) is 6.21. The zero-order chi connectivity index (χ0) is 24.5. The van der Waals surface area contributed by atoms with Gasteiger partial charge in [0, 0.05) is 0 Å². The lowest BCUT2D eigenvalue weighted by molar-refractivity contribution is -0.126. The molecule has 2 fully saturated rings. The molecule has 2 saturated heterocycles. The van der Waals surface area contributed by atoms with Crippen LogP contribution in [0, 0.1) is 5.92 Å². The van der Waals surface area contributed by atoms with E-state index in [1.807, 2.05) is 37.3 Å². The van der Waals surface area contributed by atoms with Crippen LogP contribution in [0.15, 0.2) is 78.9 Å². The Bertz CT molecular complexity index is 1240. The Kier molecular flexibility index (Phi) is 5.96. The van der Waals surface area contributed by atoms with Crippen molar-refractivity contribution in [1.82, 2.24) is 0 Å². The van der Waals surface area contributed by atoms with E-state index in [-0.39, 0.29) is 5.91 Å². The van der Waals surface area contributed by atoms with Crippen molar-refractivity contribution in [2.75, 3.05) is 23.7 Å². The highest BCUT2D eigenvalue weighted by molar-refractivity contribution is 6.24. The summed E-state index contributed by atoms with van der Waals surface area (Å²) in [5.41, 5.74) is 2.32. The van der Waals surface area contributed by atoms with Gasteiger partial charge in [0.15, 0.2) is 6.10 Å². The molecule has 8 nitrogen and oxygen atoms in total. The first-order valence-corrected chi connectivity index (χ1v) is 11.3. The normalized spacial score (nSPS) is 21.3. The van der Waals surface area contributed by atoms with Crippen molar-refractivity contribution in [3.05, 3.63) is 90.0 Å². The highest BCUT2D eigenvalue weighted by atomic mass is 16.7. The van der Waals surface area contributed by atoms with E-state index in [0.29, 0.717) is 23.6 Å². The van der Waals surface area contributed by atoms with E-state index in [4.69, 9.17) is 14.3 Å². The van der Waals surface area contributed by atoms with Crippen molar-refractivity contribution in [1.29, 1.82) is 0 Å². The predicted molar refractivity (Wildman–Crippen MR) is 128 cm³/mol. The zero-order valence-corrected chi connectivity index (χ0v) is 19.3. The Morgan fingerprint density at radius 1 is 0.886 bits per heavy atom. The van der Waals surface area contributed by atoms with E-state index in [1.54, 1.807) is 53.6 Å². The molecule has 3 aromatic carbocycles. The number of benzene rings is 3. The van der Waals surface area contributed by atoms with Crippen molar-refractivity contribution in [3.8, 4) is 5.75 Å². The number of carbonyl (C=O) groups excluding carboxylic acids is 3. The number of hydrogen-bond acceptors (Lipinski definition) is 7. The van der Waals surface area contributed by atoms with E-state index < -0.39 is 29.9 Å². The van der Waals surface area contributed by atoms with Gasteiger partial charge in [-0.25, -0.2) is 14.8 Å². The molecule has 2 aliphatic rings. The first-order valence-electron chi connectivity index (χ1n) is 11.3. The van der Waals surface area contributed by atoms with Gasteiger partial charge in [-0.3, -0.25) is 14.4 Å². The van der Waals surface area contributed by atoms with Crippen molar-refractivity contribution >= 4 is 29.2 Å². The summed E-state index contributed by atoms with van der Waals surface area (Å²) < 4.78 is 10.3.